The fourth-order valence-corrected chi connectivity index (χ4v) is 6.67. The lowest BCUT2D eigenvalue weighted by atomic mass is 9.96. The molecule has 54 heavy (non-hydrogen) atoms. The maximum absolute atomic E-state index is 13.6. The van der Waals surface area contributed by atoms with Crippen molar-refractivity contribution < 1.29 is 52.5 Å². The van der Waals surface area contributed by atoms with Gasteiger partial charge in [-0.05, 0) is 60.4 Å². The van der Waals surface area contributed by atoms with Gasteiger partial charge < -0.3 is 29.6 Å². The standard InChI is InChI=1S/C41H36N2O11/c1-51-25-9-5-21(31(19-25)53-3)13-15-42-40(49)33-36(45)27-11-7-23(17-29(27)38(33)47)35(44)24-8-12-28-30(18-24)39(48)34(37(28)46)41(50)43-16-14-22-6-10-26(52-2)20-32(22)54-4/h5-12,17-20,33-34H,13-16H2,1-4H3,(H,42,49)(H,43,50). The summed E-state index contributed by atoms with van der Waals surface area (Å²) in [7, 11) is 6.08. The molecule has 0 saturated heterocycles. The molecule has 2 amide bonds. The summed E-state index contributed by atoms with van der Waals surface area (Å²) in [4.78, 5) is 92.8. The van der Waals surface area contributed by atoms with Crippen molar-refractivity contribution in [2.75, 3.05) is 41.5 Å². The van der Waals surface area contributed by atoms with E-state index in [4.69, 9.17) is 18.9 Å². The molecule has 0 aromatic heterocycles. The lowest BCUT2D eigenvalue weighted by Crippen LogP contribution is -2.37. The first kappa shape index (κ1) is 37.1. The van der Waals surface area contributed by atoms with Crippen molar-refractivity contribution in [1.82, 2.24) is 10.6 Å². The van der Waals surface area contributed by atoms with Crippen LogP contribution in [0.15, 0.2) is 72.8 Å². The number of hydrogen-bond donors (Lipinski definition) is 2. The Bertz CT molecular complexity index is 2090. The largest absolute Gasteiger partial charge is 0.497 e. The summed E-state index contributed by atoms with van der Waals surface area (Å²) in [6.07, 6.45) is 0.722. The molecule has 4 aromatic carbocycles. The molecular formula is C41H36N2O11. The minimum Gasteiger partial charge on any atom is -0.497 e. The van der Waals surface area contributed by atoms with Gasteiger partial charge in [-0.2, -0.15) is 0 Å². The number of hydrogen-bond acceptors (Lipinski definition) is 11. The van der Waals surface area contributed by atoms with Crippen LogP contribution >= 0.6 is 0 Å². The van der Waals surface area contributed by atoms with Gasteiger partial charge >= 0.3 is 0 Å². The van der Waals surface area contributed by atoms with E-state index in [0.29, 0.717) is 35.8 Å². The number of fused-ring (bicyclic) bond motifs is 2. The highest BCUT2D eigenvalue weighted by molar-refractivity contribution is 6.36. The van der Waals surface area contributed by atoms with Crippen LogP contribution in [0.2, 0.25) is 0 Å². The summed E-state index contributed by atoms with van der Waals surface area (Å²) >= 11 is 0. The number of ketones is 5. The SMILES string of the molecule is COc1ccc(CCNC(=O)C2C(=O)c3ccc(C(=O)c4ccc5c(c4)C(=O)C(C(=O)NCCc4ccc(OC)cc4OC)C5=O)cc3C2=O)c(OC)c1. The molecule has 2 atom stereocenters. The molecule has 13 nitrogen and oxygen atoms in total. The molecule has 0 radical (unpaired) electrons. The van der Waals surface area contributed by atoms with E-state index in [1.54, 1.807) is 36.4 Å². The second kappa shape index (κ2) is 15.5. The van der Waals surface area contributed by atoms with E-state index in [-0.39, 0.29) is 46.5 Å². The van der Waals surface area contributed by atoms with Gasteiger partial charge in [0.05, 0.1) is 28.4 Å². The van der Waals surface area contributed by atoms with Gasteiger partial charge in [0.25, 0.3) is 0 Å². The molecule has 0 aliphatic heterocycles. The van der Waals surface area contributed by atoms with Crippen LogP contribution in [0.5, 0.6) is 23.0 Å². The lowest BCUT2D eigenvalue weighted by Gasteiger charge is -2.12. The topological polar surface area (TPSA) is 180 Å². The van der Waals surface area contributed by atoms with Gasteiger partial charge in [0, 0.05) is 58.6 Å². The highest BCUT2D eigenvalue weighted by Gasteiger charge is 2.45. The van der Waals surface area contributed by atoms with E-state index in [2.05, 4.69) is 10.6 Å². The smallest absolute Gasteiger partial charge is 0.238 e. The molecule has 2 unspecified atom stereocenters. The van der Waals surface area contributed by atoms with Gasteiger partial charge in [0.15, 0.2) is 40.8 Å². The number of rotatable bonds is 14. The van der Waals surface area contributed by atoms with Gasteiger partial charge in [0.2, 0.25) is 11.8 Å². The van der Waals surface area contributed by atoms with Crippen molar-refractivity contribution in [3.63, 3.8) is 0 Å². The molecule has 2 aliphatic rings. The summed E-state index contributed by atoms with van der Waals surface area (Å²) in [5, 5.41) is 5.30. The number of carbonyl (C=O) groups is 7. The summed E-state index contributed by atoms with van der Waals surface area (Å²) < 4.78 is 21.2. The van der Waals surface area contributed by atoms with Crippen LogP contribution in [-0.4, -0.2) is 82.3 Å². The molecule has 13 heteroatoms. The normalized spacial score (nSPS) is 15.7. The zero-order chi connectivity index (χ0) is 38.7. The number of ether oxygens (including phenoxy) is 4. The van der Waals surface area contributed by atoms with Crippen molar-refractivity contribution in [3.8, 4) is 23.0 Å². The molecule has 0 fully saturated rings. The number of carbonyl (C=O) groups excluding carboxylic acids is 7. The van der Waals surface area contributed by atoms with E-state index < -0.39 is 52.6 Å². The summed E-state index contributed by atoms with van der Waals surface area (Å²) in [5.74, 6) is -5.83. The fraction of sp³-hybridized carbons (Fsp3) is 0.244. The van der Waals surface area contributed by atoms with Gasteiger partial charge in [-0.1, -0.05) is 24.3 Å². The third-order valence-electron chi connectivity index (χ3n) is 9.57. The maximum Gasteiger partial charge on any atom is 0.238 e. The van der Waals surface area contributed by atoms with E-state index in [9.17, 15) is 33.6 Å². The van der Waals surface area contributed by atoms with Crippen LogP contribution in [0.1, 0.15) is 68.5 Å². The number of nitrogens with one attached hydrogen (secondary N) is 2. The highest BCUT2D eigenvalue weighted by Crippen LogP contribution is 2.32. The second-order valence-electron chi connectivity index (χ2n) is 12.6. The predicted molar refractivity (Wildman–Crippen MR) is 193 cm³/mol. The Balaban J connectivity index is 1.10. The Labute approximate surface area is 309 Å². The fourth-order valence-electron chi connectivity index (χ4n) is 6.67. The lowest BCUT2D eigenvalue weighted by molar-refractivity contribution is -0.123. The minimum atomic E-state index is -1.60. The van der Waals surface area contributed by atoms with Crippen LogP contribution in [0.3, 0.4) is 0 Å². The zero-order valence-corrected chi connectivity index (χ0v) is 29.9. The van der Waals surface area contributed by atoms with Crippen LogP contribution in [0.4, 0.5) is 0 Å². The Morgan fingerprint density at radius 1 is 0.500 bits per heavy atom. The Kier molecular flexibility index (Phi) is 10.7. The molecule has 0 saturated carbocycles. The molecule has 2 N–H and O–H groups in total. The summed E-state index contributed by atoms with van der Waals surface area (Å²) in [6, 6.07) is 18.4. The molecule has 4 aromatic rings. The average Bonchev–Trinajstić information content (AvgIpc) is 3.60. The average molecular weight is 733 g/mol. The monoisotopic (exact) mass is 732 g/mol. The molecule has 2 aliphatic carbocycles. The van der Waals surface area contributed by atoms with E-state index >= 15 is 0 Å². The number of Topliss-reactive ketones (excluding diaryl/α,β-unsaturated/α-hetero) is 4. The van der Waals surface area contributed by atoms with Crippen LogP contribution in [0, 0.1) is 11.8 Å². The van der Waals surface area contributed by atoms with Gasteiger partial charge in [-0.15, -0.1) is 0 Å². The van der Waals surface area contributed by atoms with Gasteiger partial charge in [-0.25, -0.2) is 0 Å². The predicted octanol–water partition coefficient (Wildman–Crippen LogP) is 3.66. The molecule has 6 rings (SSSR count). The van der Waals surface area contributed by atoms with Crippen molar-refractivity contribution >= 4 is 40.7 Å². The van der Waals surface area contributed by atoms with Crippen molar-refractivity contribution in [1.29, 1.82) is 0 Å². The van der Waals surface area contributed by atoms with Gasteiger partial charge in [0.1, 0.15) is 23.0 Å². The maximum atomic E-state index is 13.6. The zero-order valence-electron chi connectivity index (χ0n) is 29.9. The van der Waals surface area contributed by atoms with E-state index in [1.165, 1.54) is 64.8 Å². The molecule has 0 heterocycles. The third-order valence-corrected chi connectivity index (χ3v) is 9.57. The third kappa shape index (κ3) is 6.95. The van der Waals surface area contributed by atoms with Crippen LogP contribution in [0.25, 0.3) is 0 Å². The first-order valence-corrected chi connectivity index (χ1v) is 17.0. The molecule has 276 valence electrons. The summed E-state index contributed by atoms with van der Waals surface area (Å²) in [6.45, 7) is 0.249. The number of methoxy groups -OCH3 is 4. The van der Waals surface area contributed by atoms with Crippen LogP contribution < -0.4 is 29.6 Å². The van der Waals surface area contributed by atoms with Crippen molar-refractivity contribution in [2.24, 2.45) is 11.8 Å². The van der Waals surface area contributed by atoms with E-state index in [0.717, 1.165) is 11.1 Å². The molecular weight excluding hydrogens is 696 g/mol. The first-order chi connectivity index (χ1) is 26.0. The second-order valence-corrected chi connectivity index (χ2v) is 12.6. The quantitative estimate of drug-likeness (QED) is 0.143. The molecule has 0 spiro atoms. The number of benzene rings is 4. The summed E-state index contributed by atoms with van der Waals surface area (Å²) in [5.41, 5.74) is 1.52. The van der Waals surface area contributed by atoms with E-state index in [1.807, 2.05) is 0 Å². The number of amides is 2. The first-order valence-electron chi connectivity index (χ1n) is 17.0. The van der Waals surface area contributed by atoms with Crippen LogP contribution in [-0.2, 0) is 22.4 Å². The Morgan fingerprint density at radius 3 is 1.26 bits per heavy atom. The minimum absolute atomic E-state index is 0.0162. The Morgan fingerprint density at radius 2 is 0.889 bits per heavy atom. The van der Waals surface area contributed by atoms with Gasteiger partial charge in [-0.3, -0.25) is 33.6 Å². The Hall–Kier alpha value is -6.63. The van der Waals surface area contributed by atoms with Crippen molar-refractivity contribution in [2.45, 2.75) is 12.8 Å². The molecule has 0 bridgehead atoms. The van der Waals surface area contributed by atoms with Crippen molar-refractivity contribution in [3.05, 3.63) is 117 Å². The highest BCUT2D eigenvalue weighted by atomic mass is 16.5.